The van der Waals surface area contributed by atoms with Crippen LogP contribution in [-0.2, 0) is 25.7 Å². The number of methoxy groups -OCH3 is 2. The summed E-state index contributed by atoms with van der Waals surface area (Å²) in [6, 6.07) is 7.75. The van der Waals surface area contributed by atoms with Gasteiger partial charge in [-0.2, -0.15) is 0 Å². The van der Waals surface area contributed by atoms with E-state index in [9.17, 15) is 14.0 Å². The van der Waals surface area contributed by atoms with Crippen LogP contribution in [0.5, 0.6) is 5.75 Å². The van der Waals surface area contributed by atoms with Gasteiger partial charge in [0.05, 0.1) is 19.8 Å². The van der Waals surface area contributed by atoms with Crippen LogP contribution in [0.4, 0.5) is 10.1 Å². The number of hydrogen-bond donors (Lipinski definition) is 0. The van der Waals surface area contributed by atoms with Crippen LogP contribution in [0.1, 0.15) is 5.56 Å². The number of carbonyl (C=O) groups is 2. The van der Waals surface area contributed by atoms with Gasteiger partial charge in [0.15, 0.2) is 11.6 Å². The molecule has 1 aromatic heterocycles. The zero-order valence-corrected chi connectivity index (χ0v) is 16.4. The maximum absolute atomic E-state index is 14.7. The first-order chi connectivity index (χ1) is 14.5. The Morgan fingerprint density at radius 2 is 1.77 bits per heavy atom. The van der Waals surface area contributed by atoms with Gasteiger partial charge in [-0.3, -0.25) is 4.98 Å². The van der Waals surface area contributed by atoms with Gasteiger partial charge in [-0.1, -0.05) is 6.08 Å². The number of anilines is 1. The predicted molar refractivity (Wildman–Crippen MR) is 107 cm³/mol. The van der Waals surface area contributed by atoms with Gasteiger partial charge in [-0.15, -0.1) is 0 Å². The highest BCUT2D eigenvalue weighted by molar-refractivity contribution is 6.05. The lowest BCUT2D eigenvalue weighted by Gasteiger charge is -2.23. The quantitative estimate of drug-likeness (QED) is 0.676. The van der Waals surface area contributed by atoms with Crippen molar-refractivity contribution in [2.24, 2.45) is 0 Å². The van der Waals surface area contributed by atoms with Crippen LogP contribution in [0.15, 0.2) is 78.4 Å². The van der Waals surface area contributed by atoms with E-state index in [1.807, 2.05) is 0 Å². The van der Waals surface area contributed by atoms with Crippen molar-refractivity contribution < 1.29 is 28.2 Å². The van der Waals surface area contributed by atoms with E-state index >= 15 is 0 Å². The summed E-state index contributed by atoms with van der Waals surface area (Å²) in [6.45, 7) is 0.173. The third-order valence-corrected chi connectivity index (χ3v) is 4.23. The summed E-state index contributed by atoms with van der Waals surface area (Å²) >= 11 is 0. The Bertz CT molecular complexity index is 1030. The molecule has 0 unspecified atom stereocenters. The maximum Gasteiger partial charge on any atom is 0.355 e. The molecule has 0 bridgehead atoms. The SMILES string of the molecule is COC(=O)C1=C(C(=O)OC)N(c2ccc(OCc3ccncc3)c(F)c2)C=CC=C1. The van der Waals surface area contributed by atoms with Crippen LogP contribution in [0.2, 0.25) is 0 Å². The highest BCUT2D eigenvalue weighted by Crippen LogP contribution is 2.30. The van der Waals surface area contributed by atoms with Gasteiger partial charge in [0.1, 0.15) is 12.3 Å². The smallest absolute Gasteiger partial charge is 0.355 e. The number of aromatic nitrogens is 1. The van der Waals surface area contributed by atoms with Crippen molar-refractivity contribution in [2.45, 2.75) is 6.61 Å². The molecule has 1 aromatic carbocycles. The molecular formula is C22H19FN2O5. The number of allylic oxidation sites excluding steroid dienone is 2. The second kappa shape index (κ2) is 9.51. The molecule has 0 atom stereocenters. The maximum atomic E-state index is 14.7. The molecule has 0 amide bonds. The zero-order valence-electron chi connectivity index (χ0n) is 16.4. The summed E-state index contributed by atoms with van der Waals surface area (Å²) in [5, 5.41) is 0. The molecule has 0 saturated carbocycles. The van der Waals surface area contributed by atoms with Crippen molar-refractivity contribution in [3.63, 3.8) is 0 Å². The number of hydrogen-bond acceptors (Lipinski definition) is 7. The third-order valence-electron chi connectivity index (χ3n) is 4.23. The van der Waals surface area contributed by atoms with Crippen molar-refractivity contribution in [1.29, 1.82) is 0 Å². The standard InChI is InChI=1S/C22H19FN2O5/c1-28-21(26)17-5-3-4-12-25(20(17)22(27)29-2)16-6-7-19(18(23)13-16)30-14-15-8-10-24-11-9-15/h3-13H,14H2,1-2H3. The van der Waals surface area contributed by atoms with Gasteiger partial charge in [0.2, 0.25) is 0 Å². The topological polar surface area (TPSA) is 78.0 Å². The fourth-order valence-electron chi connectivity index (χ4n) is 2.76. The first-order valence-corrected chi connectivity index (χ1v) is 8.91. The van der Waals surface area contributed by atoms with Crippen molar-refractivity contribution in [1.82, 2.24) is 4.98 Å². The molecule has 1 aliphatic rings. The fourth-order valence-corrected chi connectivity index (χ4v) is 2.76. The zero-order chi connectivity index (χ0) is 21.5. The molecule has 0 aliphatic carbocycles. The van der Waals surface area contributed by atoms with Crippen molar-refractivity contribution in [3.8, 4) is 5.75 Å². The Morgan fingerprint density at radius 3 is 2.43 bits per heavy atom. The summed E-state index contributed by atoms with van der Waals surface area (Å²) in [4.78, 5) is 29.9. The molecule has 0 fully saturated rings. The number of nitrogens with zero attached hydrogens (tertiary/aromatic N) is 2. The number of carbonyl (C=O) groups excluding carboxylic acids is 2. The fraction of sp³-hybridized carbons (Fsp3) is 0.136. The summed E-state index contributed by atoms with van der Waals surface area (Å²) in [6.07, 6.45) is 9.36. The van der Waals surface area contributed by atoms with E-state index in [-0.39, 0.29) is 23.6 Å². The van der Waals surface area contributed by atoms with E-state index < -0.39 is 17.8 Å². The molecule has 30 heavy (non-hydrogen) atoms. The lowest BCUT2D eigenvalue weighted by Crippen LogP contribution is -2.27. The third kappa shape index (κ3) is 4.54. The van der Waals surface area contributed by atoms with Crippen LogP contribution in [0.25, 0.3) is 0 Å². The second-order valence-electron chi connectivity index (χ2n) is 6.07. The average Bonchev–Trinajstić information content (AvgIpc) is 3.01. The lowest BCUT2D eigenvalue weighted by atomic mass is 10.1. The van der Waals surface area contributed by atoms with Crippen LogP contribution in [-0.4, -0.2) is 31.1 Å². The number of benzene rings is 1. The van der Waals surface area contributed by atoms with Crippen molar-refractivity contribution >= 4 is 17.6 Å². The number of rotatable bonds is 6. The van der Waals surface area contributed by atoms with E-state index in [0.717, 1.165) is 5.56 Å². The Labute approximate surface area is 172 Å². The number of pyridine rings is 1. The lowest BCUT2D eigenvalue weighted by molar-refractivity contribution is -0.139. The molecule has 0 radical (unpaired) electrons. The molecule has 1 aliphatic heterocycles. The van der Waals surface area contributed by atoms with Crippen LogP contribution >= 0.6 is 0 Å². The summed E-state index contributed by atoms with van der Waals surface area (Å²) < 4.78 is 29.8. The molecule has 2 heterocycles. The predicted octanol–water partition coefficient (Wildman–Crippen LogP) is 3.29. The van der Waals surface area contributed by atoms with Gasteiger partial charge in [-0.25, -0.2) is 14.0 Å². The second-order valence-corrected chi connectivity index (χ2v) is 6.07. The monoisotopic (exact) mass is 410 g/mol. The highest BCUT2D eigenvalue weighted by atomic mass is 19.1. The first kappa shape index (κ1) is 20.8. The molecule has 2 aromatic rings. The molecular weight excluding hydrogens is 391 g/mol. The largest absolute Gasteiger partial charge is 0.486 e. The van der Waals surface area contributed by atoms with Gasteiger partial charge in [0, 0.05) is 30.3 Å². The minimum Gasteiger partial charge on any atom is -0.486 e. The van der Waals surface area contributed by atoms with E-state index in [2.05, 4.69) is 4.98 Å². The molecule has 0 saturated heterocycles. The normalized spacial score (nSPS) is 13.1. The minimum atomic E-state index is -0.773. The average molecular weight is 410 g/mol. The summed E-state index contributed by atoms with van der Waals surface area (Å²) in [7, 11) is 2.40. The number of esters is 2. The van der Waals surface area contributed by atoms with E-state index in [1.54, 1.807) is 42.7 Å². The first-order valence-electron chi connectivity index (χ1n) is 8.91. The van der Waals surface area contributed by atoms with E-state index in [4.69, 9.17) is 14.2 Å². The van der Waals surface area contributed by atoms with Gasteiger partial charge < -0.3 is 19.1 Å². The van der Waals surface area contributed by atoms with Crippen LogP contribution in [0.3, 0.4) is 0 Å². The van der Waals surface area contributed by atoms with Crippen molar-refractivity contribution in [2.75, 3.05) is 19.1 Å². The Kier molecular flexibility index (Phi) is 6.59. The Hall–Kier alpha value is -3.94. The molecule has 7 nitrogen and oxygen atoms in total. The van der Waals surface area contributed by atoms with E-state index in [0.29, 0.717) is 5.69 Å². The van der Waals surface area contributed by atoms with Crippen molar-refractivity contribution in [3.05, 3.63) is 89.8 Å². The minimum absolute atomic E-state index is 0.0206. The Balaban J connectivity index is 1.93. The van der Waals surface area contributed by atoms with Crippen LogP contribution in [0, 0.1) is 5.82 Å². The van der Waals surface area contributed by atoms with E-state index in [1.165, 1.54) is 43.5 Å². The molecule has 0 N–H and O–H groups in total. The molecule has 3 rings (SSSR count). The molecule has 0 spiro atoms. The number of ether oxygens (including phenoxy) is 3. The molecule has 154 valence electrons. The highest BCUT2D eigenvalue weighted by Gasteiger charge is 2.27. The van der Waals surface area contributed by atoms with Gasteiger partial charge in [0.25, 0.3) is 0 Å². The van der Waals surface area contributed by atoms with Gasteiger partial charge in [-0.05, 0) is 42.0 Å². The molecule has 8 heteroatoms. The van der Waals surface area contributed by atoms with Gasteiger partial charge >= 0.3 is 11.9 Å². The Morgan fingerprint density at radius 1 is 1.03 bits per heavy atom. The summed E-state index contributed by atoms with van der Waals surface area (Å²) in [5.41, 5.74) is 1.02. The number of halogens is 1. The summed E-state index contributed by atoms with van der Waals surface area (Å²) in [5.74, 6) is -2.08. The van der Waals surface area contributed by atoms with Crippen LogP contribution < -0.4 is 9.64 Å².